The Kier molecular flexibility index (Phi) is 6.06. The van der Waals surface area contributed by atoms with Crippen LogP contribution < -0.4 is 4.57 Å². The van der Waals surface area contributed by atoms with Gasteiger partial charge in [-0.2, -0.15) is 4.57 Å². The van der Waals surface area contributed by atoms with E-state index in [-0.39, 0.29) is 23.0 Å². The SMILES string of the molecule is CCN(CC)C1=CC2OC(=O)C(c3sc4ccccc4[n+]3C(C)(C)C)C(C(C)(C)C)=C2C=C1. The van der Waals surface area contributed by atoms with Crippen molar-refractivity contribution in [2.45, 2.75) is 73.0 Å². The van der Waals surface area contributed by atoms with Crippen LogP contribution in [0.2, 0.25) is 0 Å². The molecule has 1 aromatic heterocycles. The fourth-order valence-electron chi connectivity index (χ4n) is 5.16. The van der Waals surface area contributed by atoms with E-state index in [1.54, 1.807) is 11.3 Å². The van der Waals surface area contributed by atoms with E-state index in [9.17, 15) is 4.79 Å². The maximum atomic E-state index is 13.7. The lowest BCUT2D eigenvalue weighted by atomic mass is 9.72. The van der Waals surface area contributed by atoms with Gasteiger partial charge in [0.15, 0.2) is 11.5 Å². The number of likely N-dealkylation sites (N-methyl/N-ethyl adjacent to an activating group) is 1. The Morgan fingerprint density at radius 3 is 2.30 bits per heavy atom. The van der Waals surface area contributed by atoms with Crippen LogP contribution in [0.4, 0.5) is 0 Å². The molecular weight excluding hydrogens is 428 g/mol. The van der Waals surface area contributed by atoms with Crippen LogP contribution in [-0.2, 0) is 15.1 Å². The lowest BCUT2D eigenvalue weighted by Gasteiger charge is -2.38. The molecule has 5 heteroatoms. The molecule has 1 aliphatic heterocycles. The standard InChI is InChI=1S/C28H37N2O2S/c1-9-29(10-2)18-15-16-19-21(17-18)32-26(31)23(24(19)27(3,4)5)25-30(28(6,7)8)20-13-11-12-14-22(20)33-25/h11-17,21,23H,9-10H2,1-8H3/q+1. The third kappa shape index (κ3) is 4.16. The van der Waals surface area contributed by atoms with Gasteiger partial charge in [0.1, 0.15) is 10.8 Å². The monoisotopic (exact) mass is 465 g/mol. The summed E-state index contributed by atoms with van der Waals surface area (Å²) in [6.45, 7) is 19.4. The highest BCUT2D eigenvalue weighted by Crippen LogP contribution is 2.47. The van der Waals surface area contributed by atoms with Crippen LogP contribution in [0.15, 0.2) is 59.3 Å². The number of nitrogens with zero attached hydrogens (tertiary/aromatic N) is 2. The molecule has 0 fully saturated rings. The Labute approximate surface area is 202 Å². The van der Waals surface area contributed by atoms with Gasteiger partial charge < -0.3 is 9.64 Å². The molecule has 2 atom stereocenters. The molecule has 0 radical (unpaired) electrons. The number of fused-ring (bicyclic) bond motifs is 2. The van der Waals surface area contributed by atoms with Gasteiger partial charge in [0.2, 0.25) is 5.52 Å². The first-order valence-corrected chi connectivity index (χ1v) is 12.8. The van der Waals surface area contributed by atoms with Crippen LogP contribution >= 0.6 is 11.3 Å². The molecule has 4 rings (SSSR count). The van der Waals surface area contributed by atoms with Gasteiger partial charge in [0.05, 0.1) is 0 Å². The zero-order valence-corrected chi connectivity index (χ0v) is 22.0. The van der Waals surface area contributed by atoms with E-state index in [0.29, 0.717) is 0 Å². The maximum Gasteiger partial charge on any atom is 0.325 e. The Bertz CT molecular complexity index is 1170. The molecule has 0 N–H and O–H groups in total. The van der Waals surface area contributed by atoms with Crippen LogP contribution in [0.3, 0.4) is 0 Å². The summed E-state index contributed by atoms with van der Waals surface area (Å²) in [6, 6.07) is 8.44. The molecule has 4 nitrogen and oxygen atoms in total. The minimum atomic E-state index is -0.416. The molecule has 2 heterocycles. The van der Waals surface area contributed by atoms with Gasteiger partial charge in [-0.15, -0.1) is 0 Å². The molecule has 2 aliphatic rings. The summed E-state index contributed by atoms with van der Waals surface area (Å²) in [4.78, 5) is 16.0. The van der Waals surface area contributed by atoms with Gasteiger partial charge in [0, 0.05) is 45.6 Å². The lowest BCUT2D eigenvalue weighted by Crippen LogP contribution is -2.54. The second-order valence-corrected chi connectivity index (χ2v) is 12.0. The number of thiazole rings is 1. The summed E-state index contributed by atoms with van der Waals surface area (Å²) >= 11 is 1.71. The second-order valence-electron chi connectivity index (χ2n) is 10.9. The predicted molar refractivity (Wildman–Crippen MR) is 136 cm³/mol. The Balaban J connectivity index is 1.95. The number of ether oxygens (including phenoxy) is 1. The highest BCUT2D eigenvalue weighted by atomic mass is 32.1. The van der Waals surface area contributed by atoms with Crippen LogP contribution in [0.5, 0.6) is 0 Å². The number of hydrogen-bond acceptors (Lipinski definition) is 4. The highest BCUT2D eigenvalue weighted by Gasteiger charge is 2.49. The minimum Gasteiger partial charge on any atom is -0.452 e. The normalized spacial score (nSPS) is 21.2. The van der Waals surface area contributed by atoms with Crippen LogP contribution in [-0.4, -0.2) is 30.1 Å². The molecule has 0 bridgehead atoms. The average molecular weight is 466 g/mol. The first kappa shape index (κ1) is 23.7. The summed E-state index contributed by atoms with van der Waals surface area (Å²) in [5.41, 5.74) is 4.23. The summed E-state index contributed by atoms with van der Waals surface area (Å²) in [6.07, 6.45) is 6.16. The smallest absolute Gasteiger partial charge is 0.325 e. The van der Waals surface area contributed by atoms with E-state index in [1.165, 1.54) is 15.8 Å². The molecular formula is C28H37N2O2S+. The fourth-order valence-corrected chi connectivity index (χ4v) is 6.59. The van der Waals surface area contributed by atoms with Crippen molar-refractivity contribution in [3.63, 3.8) is 0 Å². The number of benzene rings is 1. The van der Waals surface area contributed by atoms with E-state index < -0.39 is 5.92 Å². The largest absolute Gasteiger partial charge is 0.452 e. The molecule has 1 aromatic carbocycles. The van der Waals surface area contributed by atoms with Crippen molar-refractivity contribution in [1.29, 1.82) is 0 Å². The Hall–Kier alpha value is -2.40. The van der Waals surface area contributed by atoms with Crippen molar-refractivity contribution in [1.82, 2.24) is 4.90 Å². The van der Waals surface area contributed by atoms with Crippen LogP contribution in [0, 0.1) is 5.41 Å². The Morgan fingerprint density at radius 2 is 1.70 bits per heavy atom. The number of allylic oxidation sites excluding steroid dienone is 1. The number of carbonyl (C=O) groups excluding carboxylic acids is 1. The molecule has 176 valence electrons. The van der Waals surface area contributed by atoms with Crippen LogP contribution in [0.1, 0.15) is 66.3 Å². The highest BCUT2D eigenvalue weighted by molar-refractivity contribution is 7.18. The molecule has 0 amide bonds. The van der Waals surface area contributed by atoms with Crippen molar-refractivity contribution in [3.05, 3.63) is 64.3 Å². The van der Waals surface area contributed by atoms with Gasteiger partial charge in [-0.3, -0.25) is 4.79 Å². The van der Waals surface area contributed by atoms with E-state index >= 15 is 0 Å². The Morgan fingerprint density at radius 1 is 1.03 bits per heavy atom. The molecule has 33 heavy (non-hydrogen) atoms. The molecule has 0 spiro atoms. The molecule has 2 unspecified atom stereocenters. The quantitative estimate of drug-likeness (QED) is 0.405. The summed E-state index contributed by atoms with van der Waals surface area (Å²) in [7, 11) is 0. The van der Waals surface area contributed by atoms with Gasteiger partial charge in [-0.25, -0.2) is 0 Å². The number of para-hydroxylation sites is 1. The predicted octanol–water partition coefficient (Wildman–Crippen LogP) is 6.09. The van der Waals surface area contributed by atoms with E-state index in [1.807, 2.05) is 0 Å². The lowest BCUT2D eigenvalue weighted by molar-refractivity contribution is -0.733. The fraction of sp³-hybridized carbons (Fsp3) is 0.500. The molecule has 1 aliphatic carbocycles. The number of aromatic nitrogens is 1. The van der Waals surface area contributed by atoms with E-state index in [4.69, 9.17) is 4.74 Å². The van der Waals surface area contributed by atoms with Gasteiger partial charge in [-0.1, -0.05) is 50.3 Å². The van der Waals surface area contributed by atoms with E-state index in [2.05, 4.69) is 107 Å². The van der Waals surface area contributed by atoms with Crippen LogP contribution in [0.25, 0.3) is 10.2 Å². The maximum absolute atomic E-state index is 13.7. The zero-order valence-electron chi connectivity index (χ0n) is 21.2. The summed E-state index contributed by atoms with van der Waals surface area (Å²) < 4.78 is 9.69. The minimum absolute atomic E-state index is 0.149. The number of carbonyl (C=O) groups is 1. The summed E-state index contributed by atoms with van der Waals surface area (Å²) in [5, 5.41) is 1.05. The second kappa shape index (κ2) is 8.43. The number of hydrogen-bond donors (Lipinski definition) is 0. The van der Waals surface area contributed by atoms with Gasteiger partial charge >= 0.3 is 5.97 Å². The van der Waals surface area contributed by atoms with Crippen molar-refractivity contribution < 1.29 is 14.1 Å². The average Bonchev–Trinajstić information content (AvgIpc) is 3.12. The molecule has 0 saturated carbocycles. The third-order valence-electron chi connectivity index (χ3n) is 6.54. The third-order valence-corrected chi connectivity index (χ3v) is 7.73. The van der Waals surface area contributed by atoms with Gasteiger partial charge in [0.25, 0.3) is 5.01 Å². The van der Waals surface area contributed by atoms with E-state index in [0.717, 1.165) is 29.4 Å². The van der Waals surface area contributed by atoms with Gasteiger partial charge in [-0.05, 0) is 48.6 Å². The summed E-state index contributed by atoms with van der Waals surface area (Å²) in [5.74, 6) is -0.565. The first-order chi connectivity index (χ1) is 15.5. The zero-order chi connectivity index (χ0) is 24.1. The molecule has 0 saturated heterocycles. The van der Waals surface area contributed by atoms with Crippen molar-refractivity contribution in [3.8, 4) is 0 Å². The number of rotatable bonds is 4. The molecule has 2 aromatic rings. The van der Waals surface area contributed by atoms with Crippen molar-refractivity contribution >= 4 is 27.5 Å². The first-order valence-electron chi connectivity index (χ1n) is 12.0. The topological polar surface area (TPSA) is 33.4 Å². The van der Waals surface area contributed by atoms with Crippen molar-refractivity contribution in [2.75, 3.05) is 13.1 Å². The number of esters is 1. The van der Waals surface area contributed by atoms with Crippen molar-refractivity contribution in [2.24, 2.45) is 5.41 Å².